The van der Waals surface area contributed by atoms with Crippen molar-refractivity contribution in [2.24, 2.45) is 0 Å². The second kappa shape index (κ2) is 4.33. The van der Waals surface area contributed by atoms with Gasteiger partial charge in [-0.2, -0.15) is 4.33 Å². The summed E-state index contributed by atoms with van der Waals surface area (Å²) in [6.07, 6.45) is 0. The van der Waals surface area contributed by atoms with E-state index < -0.39 is 0 Å². The van der Waals surface area contributed by atoms with E-state index in [4.69, 9.17) is 0 Å². The Morgan fingerprint density at radius 1 is 1.20 bits per heavy atom. The quantitative estimate of drug-likeness (QED) is 0.380. The van der Waals surface area contributed by atoms with Crippen molar-refractivity contribution in [3.63, 3.8) is 0 Å². The first kappa shape index (κ1) is 7.60. The fourth-order valence-electron chi connectivity index (χ4n) is 0.549. The summed E-state index contributed by atoms with van der Waals surface area (Å²) in [7, 11) is 1.48. The lowest BCUT2D eigenvalue weighted by molar-refractivity contribution is -0.160. The zero-order valence-corrected chi connectivity index (χ0v) is 6.43. The highest BCUT2D eigenvalue weighted by atomic mass is 32.2. The number of hydrogen-bond donors (Lipinski definition) is 0. The minimum atomic E-state index is 1.03. The van der Waals surface area contributed by atoms with Crippen molar-refractivity contribution < 1.29 is 9.22 Å². The zero-order chi connectivity index (χ0) is 7.23. The lowest BCUT2D eigenvalue weighted by Gasteiger charge is -1.95. The summed E-state index contributed by atoms with van der Waals surface area (Å²) in [4.78, 5) is 5.44. The molecule has 0 radical (unpaired) electrons. The summed E-state index contributed by atoms with van der Waals surface area (Å²) in [5.41, 5.74) is 0. The largest absolute Gasteiger partial charge is 0.227 e. The number of rotatable bonds is 3. The van der Waals surface area contributed by atoms with Crippen molar-refractivity contribution >= 4 is 12.0 Å². The third kappa shape index (κ3) is 2.39. The minimum absolute atomic E-state index is 1.03. The molecular formula is C7H8O2S. The molecule has 0 heterocycles. The Kier molecular flexibility index (Phi) is 3.29. The molecule has 0 aliphatic heterocycles. The summed E-state index contributed by atoms with van der Waals surface area (Å²) in [5.74, 6) is 0. The van der Waals surface area contributed by atoms with Gasteiger partial charge in [0.2, 0.25) is 0 Å². The van der Waals surface area contributed by atoms with Gasteiger partial charge in [0.15, 0.2) is 0 Å². The Morgan fingerprint density at radius 3 is 2.50 bits per heavy atom. The fraction of sp³-hybridized carbons (Fsp3) is 0.143. The van der Waals surface area contributed by atoms with Gasteiger partial charge in [0.05, 0.1) is 19.2 Å². The first-order valence-electron chi connectivity index (χ1n) is 2.86. The zero-order valence-electron chi connectivity index (χ0n) is 5.61. The predicted molar refractivity (Wildman–Crippen MR) is 40.4 cm³/mol. The SMILES string of the molecule is COOSc1ccccc1. The third-order valence-corrected chi connectivity index (χ3v) is 1.61. The van der Waals surface area contributed by atoms with Gasteiger partial charge >= 0.3 is 0 Å². The molecule has 54 valence electrons. The average molecular weight is 156 g/mol. The van der Waals surface area contributed by atoms with Crippen molar-refractivity contribution in [2.75, 3.05) is 7.11 Å². The van der Waals surface area contributed by atoms with E-state index in [9.17, 15) is 0 Å². The van der Waals surface area contributed by atoms with Gasteiger partial charge in [-0.25, -0.2) is 4.89 Å². The molecule has 10 heavy (non-hydrogen) atoms. The second-order valence-corrected chi connectivity index (χ2v) is 2.41. The van der Waals surface area contributed by atoms with Crippen LogP contribution in [0, 0.1) is 0 Å². The van der Waals surface area contributed by atoms with Crippen LogP contribution < -0.4 is 0 Å². The Labute approximate surface area is 64.3 Å². The van der Waals surface area contributed by atoms with Gasteiger partial charge in [-0.05, 0) is 12.1 Å². The smallest absolute Gasteiger partial charge is 0.0725 e. The summed E-state index contributed by atoms with van der Waals surface area (Å²) < 4.78 is 4.64. The molecule has 0 N–H and O–H groups in total. The van der Waals surface area contributed by atoms with Gasteiger partial charge in [0.1, 0.15) is 0 Å². The molecule has 1 aromatic rings. The molecule has 0 spiro atoms. The van der Waals surface area contributed by atoms with Gasteiger partial charge in [0, 0.05) is 4.90 Å². The predicted octanol–water partition coefficient (Wildman–Crippen LogP) is 2.27. The van der Waals surface area contributed by atoms with Crippen molar-refractivity contribution in [1.82, 2.24) is 0 Å². The highest BCUT2D eigenvalue weighted by Gasteiger charge is 1.89. The molecule has 0 saturated carbocycles. The maximum atomic E-state index is 4.64. The Balaban J connectivity index is 2.43. The van der Waals surface area contributed by atoms with E-state index in [0.717, 1.165) is 4.90 Å². The fourth-order valence-corrected chi connectivity index (χ4v) is 0.964. The van der Waals surface area contributed by atoms with Crippen molar-refractivity contribution in [3.8, 4) is 0 Å². The van der Waals surface area contributed by atoms with E-state index in [0.29, 0.717) is 0 Å². The van der Waals surface area contributed by atoms with Gasteiger partial charge in [-0.1, -0.05) is 18.2 Å². The van der Waals surface area contributed by atoms with Crippen LogP contribution in [0.15, 0.2) is 35.2 Å². The van der Waals surface area contributed by atoms with Crippen LogP contribution in [0.3, 0.4) is 0 Å². The maximum Gasteiger partial charge on any atom is 0.0725 e. The minimum Gasteiger partial charge on any atom is -0.227 e. The summed E-state index contributed by atoms with van der Waals surface area (Å²) in [6, 6.07) is 9.74. The molecule has 0 aliphatic carbocycles. The van der Waals surface area contributed by atoms with E-state index >= 15 is 0 Å². The van der Waals surface area contributed by atoms with Gasteiger partial charge < -0.3 is 0 Å². The molecular weight excluding hydrogens is 148 g/mol. The average Bonchev–Trinajstić information content (AvgIpc) is 2.03. The molecule has 0 saturated heterocycles. The topological polar surface area (TPSA) is 18.5 Å². The molecule has 0 fully saturated rings. The Hall–Kier alpha value is -0.510. The first-order chi connectivity index (χ1) is 4.93. The van der Waals surface area contributed by atoms with E-state index in [1.165, 1.54) is 19.2 Å². The van der Waals surface area contributed by atoms with Crippen LogP contribution >= 0.6 is 12.0 Å². The second-order valence-electron chi connectivity index (χ2n) is 1.63. The Morgan fingerprint density at radius 2 is 1.90 bits per heavy atom. The lowest BCUT2D eigenvalue weighted by Crippen LogP contribution is -1.75. The molecule has 2 nitrogen and oxygen atoms in total. The van der Waals surface area contributed by atoms with Crippen molar-refractivity contribution in [3.05, 3.63) is 30.3 Å². The van der Waals surface area contributed by atoms with Gasteiger partial charge in [-0.3, -0.25) is 0 Å². The summed E-state index contributed by atoms with van der Waals surface area (Å²) in [5, 5.41) is 0. The molecule has 1 rings (SSSR count). The highest BCUT2D eigenvalue weighted by Crippen LogP contribution is 2.17. The van der Waals surface area contributed by atoms with E-state index in [2.05, 4.69) is 9.22 Å². The van der Waals surface area contributed by atoms with Crippen molar-refractivity contribution in [2.45, 2.75) is 4.90 Å². The molecule has 0 aromatic heterocycles. The molecule has 0 atom stereocenters. The number of hydrogen-bond acceptors (Lipinski definition) is 3. The summed E-state index contributed by atoms with van der Waals surface area (Å²) in [6.45, 7) is 0. The Bertz CT molecular complexity index is 176. The molecule has 0 unspecified atom stereocenters. The van der Waals surface area contributed by atoms with Crippen LogP contribution in [0.5, 0.6) is 0 Å². The van der Waals surface area contributed by atoms with Crippen LogP contribution in [0.1, 0.15) is 0 Å². The molecule has 0 aliphatic rings. The van der Waals surface area contributed by atoms with Crippen molar-refractivity contribution in [1.29, 1.82) is 0 Å². The van der Waals surface area contributed by atoms with E-state index in [1.807, 2.05) is 30.3 Å². The summed E-state index contributed by atoms with van der Waals surface area (Å²) >= 11 is 1.20. The molecule has 0 amide bonds. The van der Waals surface area contributed by atoms with Gasteiger partial charge in [-0.15, -0.1) is 0 Å². The van der Waals surface area contributed by atoms with Crippen LogP contribution in [-0.4, -0.2) is 7.11 Å². The monoisotopic (exact) mass is 156 g/mol. The lowest BCUT2D eigenvalue weighted by atomic mass is 10.4. The third-order valence-electron chi connectivity index (χ3n) is 0.941. The highest BCUT2D eigenvalue weighted by molar-refractivity contribution is 7.94. The van der Waals surface area contributed by atoms with E-state index in [1.54, 1.807) is 0 Å². The van der Waals surface area contributed by atoms with Crippen LogP contribution in [0.2, 0.25) is 0 Å². The standard InChI is InChI=1S/C7H8O2S/c1-8-9-10-7-5-3-2-4-6-7/h2-6H,1H3. The first-order valence-corrected chi connectivity index (χ1v) is 3.60. The number of benzene rings is 1. The maximum absolute atomic E-state index is 4.64. The van der Waals surface area contributed by atoms with E-state index in [-0.39, 0.29) is 0 Å². The molecule has 0 bridgehead atoms. The van der Waals surface area contributed by atoms with Crippen LogP contribution in [-0.2, 0) is 9.22 Å². The van der Waals surface area contributed by atoms with Gasteiger partial charge in [0.25, 0.3) is 0 Å². The van der Waals surface area contributed by atoms with Crippen LogP contribution in [0.25, 0.3) is 0 Å². The molecule has 3 heteroatoms. The van der Waals surface area contributed by atoms with Crippen LogP contribution in [0.4, 0.5) is 0 Å². The molecule has 1 aromatic carbocycles. The normalized spacial score (nSPS) is 9.70.